The Morgan fingerprint density at radius 2 is 1.66 bits per heavy atom. The average Bonchev–Trinajstić information content (AvgIpc) is 3.06. The molecular weight excluding hydrogens is 410 g/mol. The Balaban J connectivity index is 1.47. The highest BCUT2D eigenvalue weighted by atomic mass is 35.5. The van der Waals surface area contributed by atoms with Crippen molar-refractivity contribution in [3.8, 4) is 0 Å². The number of piperazine rings is 1. The van der Waals surface area contributed by atoms with Crippen molar-refractivity contribution >= 4 is 49.7 Å². The van der Waals surface area contributed by atoms with Gasteiger partial charge in [0.1, 0.15) is 0 Å². The lowest BCUT2D eigenvalue weighted by molar-refractivity contribution is 0.103. The Labute approximate surface area is 173 Å². The van der Waals surface area contributed by atoms with Crippen molar-refractivity contribution in [3.63, 3.8) is 0 Å². The van der Waals surface area contributed by atoms with Crippen LogP contribution in [0.15, 0.2) is 59.5 Å². The van der Waals surface area contributed by atoms with Crippen molar-refractivity contribution in [2.75, 3.05) is 36.4 Å². The SMILES string of the molecule is O=C1Nc2ccc(S(=O)(=O)N3CCN(c4ccccc4Cl)CC3)c3cccc1c23. The number of anilines is 2. The molecule has 1 saturated heterocycles. The zero-order valence-electron chi connectivity index (χ0n) is 15.4. The zero-order chi connectivity index (χ0) is 20.2. The van der Waals surface area contributed by atoms with Gasteiger partial charge in [-0.1, -0.05) is 35.9 Å². The fourth-order valence-electron chi connectivity index (χ4n) is 4.10. The highest BCUT2D eigenvalue weighted by Gasteiger charge is 2.32. The van der Waals surface area contributed by atoms with Crippen molar-refractivity contribution in [1.29, 1.82) is 0 Å². The van der Waals surface area contributed by atoms with Crippen LogP contribution in [0.1, 0.15) is 10.4 Å². The Hall–Kier alpha value is -2.61. The van der Waals surface area contributed by atoms with Gasteiger partial charge in [0, 0.05) is 48.2 Å². The minimum Gasteiger partial charge on any atom is -0.368 e. The van der Waals surface area contributed by atoms with Crippen molar-refractivity contribution in [3.05, 3.63) is 65.2 Å². The second-order valence-corrected chi connectivity index (χ2v) is 9.45. The Morgan fingerprint density at radius 1 is 0.897 bits per heavy atom. The molecule has 8 heteroatoms. The van der Waals surface area contributed by atoms with E-state index < -0.39 is 10.0 Å². The van der Waals surface area contributed by atoms with E-state index in [1.165, 1.54) is 4.31 Å². The van der Waals surface area contributed by atoms with Gasteiger partial charge in [0.05, 0.1) is 15.6 Å². The minimum absolute atomic E-state index is 0.200. The molecule has 1 fully saturated rings. The fourth-order valence-corrected chi connectivity index (χ4v) is 5.97. The van der Waals surface area contributed by atoms with E-state index in [1.807, 2.05) is 24.3 Å². The minimum atomic E-state index is -3.69. The van der Waals surface area contributed by atoms with Gasteiger partial charge < -0.3 is 10.2 Å². The van der Waals surface area contributed by atoms with Crippen LogP contribution in [0.3, 0.4) is 0 Å². The third kappa shape index (κ3) is 2.88. The molecule has 0 unspecified atom stereocenters. The second kappa shape index (κ2) is 6.73. The molecule has 0 aromatic heterocycles. The summed E-state index contributed by atoms with van der Waals surface area (Å²) < 4.78 is 28.3. The van der Waals surface area contributed by atoms with Gasteiger partial charge in [-0.15, -0.1) is 0 Å². The third-order valence-electron chi connectivity index (χ3n) is 5.54. The quantitative estimate of drug-likeness (QED) is 0.693. The molecule has 0 atom stereocenters. The molecule has 1 amide bonds. The van der Waals surface area contributed by atoms with E-state index in [2.05, 4.69) is 10.2 Å². The summed E-state index contributed by atoms with van der Waals surface area (Å²) in [6, 6.07) is 16.0. The molecule has 3 aromatic carbocycles. The largest absolute Gasteiger partial charge is 0.368 e. The highest BCUT2D eigenvalue weighted by molar-refractivity contribution is 7.89. The van der Waals surface area contributed by atoms with Crippen LogP contribution >= 0.6 is 11.6 Å². The topological polar surface area (TPSA) is 69.7 Å². The molecule has 29 heavy (non-hydrogen) atoms. The molecule has 0 saturated carbocycles. The molecule has 0 bridgehead atoms. The van der Waals surface area contributed by atoms with Crippen LogP contribution in [0.5, 0.6) is 0 Å². The summed E-state index contributed by atoms with van der Waals surface area (Å²) in [5, 5.41) is 4.70. The Bertz CT molecular complexity index is 1250. The summed E-state index contributed by atoms with van der Waals surface area (Å²) in [6.45, 7) is 1.86. The molecular formula is C21H18ClN3O3S. The molecule has 5 rings (SSSR count). The third-order valence-corrected chi connectivity index (χ3v) is 7.82. The number of carbonyl (C=O) groups is 1. The molecule has 0 radical (unpaired) electrons. The van der Waals surface area contributed by atoms with Crippen LogP contribution in [0.25, 0.3) is 10.8 Å². The van der Waals surface area contributed by atoms with Gasteiger partial charge in [0.15, 0.2) is 0 Å². The van der Waals surface area contributed by atoms with E-state index in [-0.39, 0.29) is 10.8 Å². The first-order chi connectivity index (χ1) is 14.0. The van der Waals surface area contributed by atoms with Crippen LogP contribution in [-0.4, -0.2) is 44.8 Å². The lowest BCUT2D eigenvalue weighted by Crippen LogP contribution is -2.48. The van der Waals surface area contributed by atoms with Crippen molar-refractivity contribution in [2.24, 2.45) is 0 Å². The summed E-state index contributed by atoms with van der Waals surface area (Å²) in [7, 11) is -3.69. The summed E-state index contributed by atoms with van der Waals surface area (Å²) in [4.78, 5) is 14.5. The van der Waals surface area contributed by atoms with Crippen molar-refractivity contribution < 1.29 is 13.2 Å². The number of nitrogens with zero attached hydrogens (tertiary/aromatic N) is 2. The van der Waals surface area contributed by atoms with Crippen LogP contribution in [-0.2, 0) is 10.0 Å². The number of sulfonamides is 1. The number of para-hydroxylation sites is 1. The maximum Gasteiger partial charge on any atom is 0.256 e. The summed E-state index contributed by atoms with van der Waals surface area (Å²) in [5.74, 6) is -0.200. The number of benzene rings is 3. The van der Waals surface area contributed by atoms with Crippen molar-refractivity contribution in [1.82, 2.24) is 4.31 Å². The Morgan fingerprint density at radius 3 is 2.41 bits per heavy atom. The first-order valence-corrected chi connectivity index (χ1v) is 11.2. The van der Waals surface area contributed by atoms with Crippen LogP contribution in [0.4, 0.5) is 11.4 Å². The van der Waals surface area contributed by atoms with Gasteiger partial charge in [0.2, 0.25) is 10.0 Å². The van der Waals surface area contributed by atoms with E-state index in [9.17, 15) is 13.2 Å². The number of nitrogens with one attached hydrogen (secondary N) is 1. The van der Waals surface area contributed by atoms with Crippen LogP contribution in [0, 0.1) is 0 Å². The van der Waals surface area contributed by atoms with Crippen LogP contribution in [0.2, 0.25) is 5.02 Å². The fraction of sp³-hybridized carbons (Fsp3) is 0.190. The summed E-state index contributed by atoms with van der Waals surface area (Å²) in [5.41, 5.74) is 2.09. The van der Waals surface area contributed by atoms with E-state index >= 15 is 0 Å². The average molecular weight is 428 g/mol. The van der Waals surface area contributed by atoms with Gasteiger partial charge >= 0.3 is 0 Å². The van der Waals surface area contributed by atoms with Gasteiger partial charge in [-0.3, -0.25) is 4.79 Å². The smallest absolute Gasteiger partial charge is 0.256 e. The monoisotopic (exact) mass is 427 g/mol. The van der Waals surface area contributed by atoms with E-state index in [0.717, 1.165) is 5.69 Å². The van der Waals surface area contributed by atoms with Gasteiger partial charge in [-0.2, -0.15) is 4.31 Å². The normalized spacial score (nSPS) is 17.0. The molecule has 2 heterocycles. The number of hydrogen-bond acceptors (Lipinski definition) is 4. The molecule has 6 nitrogen and oxygen atoms in total. The molecule has 2 aliphatic heterocycles. The standard InChI is InChI=1S/C21H18ClN3O3S/c22-16-6-1-2-7-18(16)24-10-12-25(13-11-24)29(27,28)19-9-8-17-20-14(19)4-3-5-15(20)21(26)23-17/h1-9H,10-13H2,(H,23,26). The van der Waals surface area contributed by atoms with E-state index in [0.29, 0.717) is 53.2 Å². The molecule has 2 aliphatic rings. The lowest BCUT2D eigenvalue weighted by Gasteiger charge is -2.35. The predicted molar refractivity (Wildman–Crippen MR) is 114 cm³/mol. The second-order valence-electron chi connectivity index (χ2n) is 7.14. The molecule has 148 valence electrons. The maximum atomic E-state index is 13.4. The zero-order valence-corrected chi connectivity index (χ0v) is 17.0. The van der Waals surface area contributed by atoms with E-state index in [1.54, 1.807) is 30.3 Å². The number of rotatable bonds is 3. The van der Waals surface area contributed by atoms with Gasteiger partial charge in [-0.25, -0.2) is 8.42 Å². The number of halogens is 1. The molecule has 1 N–H and O–H groups in total. The molecule has 0 spiro atoms. The number of hydrogen-bond donors (Lipinski definition) is 1. The first kappa shape index (κ1) is 18.4. The predicted octanol–water partition coefficient (Wildman–Crippen LogP) is 3.57. The van der Waals surface area contributed by atoms with Crippen molar-refractivity contribution in [2.45, 2.75) is 4.90 Å². The Kier molecular flexibility index (Phi) is 4.27. The van der Waals surface area contributed by atoms with E-state index in [4.69, 9.17) is 11.6 Å². The molecule has 3 aromatic rings. The summed E-state index contributed by atoms with van der Waals surface area (Å²) >= 11 is 6.29. The van der Waals surface area contributed by atoms with Gasteiger partial charge in [0.25, 0.3) is 5.91 Å². The maximum absolute atomic E-state index is 13.4. The molecule has 0 aliphatic carbocycles. The highest BCUT2D eigenvalue weighted by Crippen LogP contribution is 2.37. The lowest BCUT2D eigenvalue weighted by atomic mass is 10.1. The van der Waals surface area contributed by atoms with Gasteiger partial charge in [-0.05, 0) is 30.3 Å². The van der Waals surface area contributed by atoms with Crippen LogP contribution < -0.4 is 10.2 Å². The summed E-state index contributed by atoms with van der Waals surface area (Å²) in [6.07, 6.45) is 0. The first-order valence-electron chi connectivity index (χ1n) is 9.33. The number of amides is 1. The number of carbonyl (C=O) groups excluding carboxylic acids is 1.